The van der Waals surface area contributed by atoms with Crippen LogP contribution in [0.3, 0.4) is 0 Å². The molecular weight excluding hydrogens is 312 g/mol. The molecule has 0 unspecified atom stereocenters. The number of carbonyl (C=O) groups is 1. The predicted molar refractivity (Wildman–Crippen MR) is 91.1 cm³/mol. The molecule has 23 heavy (non-hydrogen) atoms. The van der Waals surface area contributed by atoms with Crippen molar-refractivity contribution in [2.75, 3.05) is 18.4 Å². The van der Waals surface area contributed by atoms with E-state index in [1.165, 1.54) is 12.8 Å². The number of nitrogens with one attached hydrogen (secondary N) is 1. The minimum absolute atomic E-state index is 0.0246. The Bertz CT molecular complexity index is 684. The number of nitrogens with zero attached hydrogens (tertiary/aromatic N) is 3. The van der Waals surface area contributed by atoms with Gasteiger partial charge in [-0.15, -0.1) is 0 Å². The van der Waals surface area contributed by atoms with E-state index >= 15 is 0 Å². The van der Waals surface area contributed by atoms with Crippen LogP contribution < -0.4 is 5.32 Å². The summed E-state index contributed by atoms with van der Waals surface area (Å²) in [6, 6.07) is 8.97. The maximum absolute atomic E-state index is 12.6. The van der Waals surface area contributed by atoms with Crippen molar-refractivity contribution in [2.45, 2.75) is 25.7 Å². The molecule has 0 spiro atoms. The molecule has 6 heteroatoms. The summed E-state index contributed by atoms with van der Waals surface area (Å²) in [4.78, 5) is 23.0. The highest BCUT2D eigenvalue weighted by molar-refractivity contribution is 6.30. The van der Waals surface area contributed by atoms with Crippen LogP contribution in [-0.2, 0) is 0 Å². The lowest BCUT2D eigenvalue weighted by molar-refractivity contribution is 0.0755. The second-order valence-electron chi connectivity index (χ2n) is 5.61. The van der Waals surface area contributed by atoms with Crippen LogP contribution in [0.15, 0.2) is 36.5 Å². The van der Waals surface area contributed by atoms with Crippen molar-refractivity contribution in [3.63, 3.8) is 0 Å². The van der Waals surface area contributed by atoms with Crippen molar-refractivity contribution in [3.05, 3.63) is 47.2 Å². The number of hydrogen-bond donors (Lipinski definition) is 1. The van der Waals surface area contributed by atoms with E-state index in [2.05, 4.69) is 15.3 Å². The summed E-state index contributed by atoms with van der Waals surface area (Å²) in [6.07, 6.45) is 6.10. The molecule has 5 nitrogen and oxygen atoms in total. The molecule has 120 valence electrons. The third-order valence-electron chi connectivity index (χ3n) is 3.85. The van der Waals surface area contributed by atoms with E-state index in [1.807, 2.05) is 17.0 Å². The first kappa shape index (κ1) is 15.7. The quantitative estimate of drug-likeness (QED) is 0.927. The van der Waals surface area contributed by atoms with Crippen molar-refractivity contribution in [1.29, 1.82) is 0 Å². The van der Waals surface area contributed by atoms with Crippen LogP contribution in [0.25, 0.3) is 0 Å². The van der Waals surface area contributed by atoms with Crippen molar-refractivity contribution in [3.8, 4) is 0 Å². The van der Waals surface area contributed by atoms with Gasteiger partial charge >= 0.3 is 0 Å². The molecule has 1 aliphatic rings. The smallest absolute Gasteiger partial charge is 0.272 e. The first-order chi connectivity index (χ1) is 11.2. The number of halogens is 1. The van der Waals surface area contributed by atoms with Gasteiger partial charge in [0.25, 0.3) is 5.91 Å². The van der Waals surface area contributed by atoms with Crippen LogP contribution in [0, 0.1) is 0 Å². The van der Waals surface area contributed by atoms with Gasteiger partial charge in [-0.25, -0.2) is 9.97 Å². The van der Waals surface area contributed by atoms with Gasteiger partial charge in [-0.2, -0.15) is 0 Å². The highest BCUT2D eigenvalue weighted by Gasteiger charge is 2.18. The number of carbonyl (C=O) groups excluding carboxylic acids is 1. The van der Waals surface area contributed by atoms with E-state index in [4.69, 9.17) is 11.6 Å². The van der Waals surface area contributed by atoms with Gasteiger partial charge in [-0.1, -0.05) is 30.5 Å². The van der Waals surface area contributed by atoms with Gasteiger partial charge in [-0.3, -0.25) is 4.79 Å². The second-order valence-corrected chi connectivity index (χ2v) is 6.04. The third-order valence-corrected chi connectivity index (χ3v) is 4.08. The number of hydrogen-bond acceptors (Lipinski definition) is 4. The number of benzene rings is 1. The summed E-state index contributed by atoms with van der Waals surface area (Å²) < 4.78 is 0. The minimum Gasteiger partial charge on any atom is -0.337 e. The van der Waals surface area contributed by atoms with Gasteiger partial charge in [0, 0.05) is 30.0 Å². The number of anilines is 2. The molecule has 0 aliphatic carbocycles. The average Bonchev–Trinajstić information content (AvgIpc) is 2.84. The lowest BCUT2D eigenvalue weighted by Gasteiger charge is -2.19. The van der Waals surface area contributed by atoms with Crippen LogP contribution in [0.2, 0.25) is 5.02 Å². The van der Waals surface area contributed by atoms with Gasteiger partial charge in [-0.05, 0) is 37.1 Å². The van der Waals surface area contributed by atoms with Crippen LogP contribution >= 0.6 is 11.6 Å². The zero-order chi connectivity index (χ0) is 16.1. The highest BCUT2D eigenvalue weighted by Crippen LogP contribution is 2.18. The monoisotopic (exact) mass is 330 g/mol. The van der Waals surface area contributed by atoms with Crippen molar-refractivity contribution in [2.24, 2.45) is 0 Å². The normalized spacial score (nSPS) is 15.1. The largest absolute Gasteiger partial charge is 0.337 e. The lowest BCUT2D eigenvalue weighted by atomic mass is 10.2. The van der Waals surface area contributed by atoms with Crippen LogP contribution in [0.4, 0.5) is 11.6 Å². The fourth-order valence-electron chi connectivity index (χ4n) is 2.67. The number of aromatic nitrogens is 2. The molecule has 1 aromatic carbocycles. The van der Waals surface area contributed by atoms with Gasteiger partial charge in [0.2, 0.25) is 5.95 Å². The average molecular weight is 331 g/mol. The summed E-state index contributed by atoms with van der Waals surface area (Å²) >= 11 is 5.97. The molecule has 1 amide bonds. The maximum Gasteiger partial charge on any atom is 0.272 e. The molecule has 1 saturated heterocycles. The number of rotatable bonds is 3. The van der Waals surface area contributed by atoms with E-state index in [0.29, 0.717) is 16.7 Å². The van der Waals surface area contributed by atoms with Crippen molar-refractivity contribution in [1.82, 2.24) is 14.9 Å². The van der Waals surface area contributed by atoms with Crippen molar-refractivity contribution < 1.29 is 4.79 Å². The fraction of sp³-hybridized carbons (Fsp3) is 0.353. The summed E-state index contributed by atoms with van der Waals surface area (Å²) in [7, 11) is 0. The Morgan fingerprint density at radius 3 is 2.65 bits per heavy atom. The molecule has 0 atom stereocenters. The molecule has 0 radical (unpaired) electrons. The van der Waals surface area contributed by atoms with E-state index < -0.39 is 0 Å². The first-order valence-corrected chi connectivity index (χ1v) is 8.25. The zero-order valence-electron chi connectivity index (χ0n) is 12.8. The van der Waals surface area contributed by atoms with Gasteiger partial charge in [0.05, 0.1) is 0 Å². The Morgan fingerprint density at radius 2 is 1.91 bits per heavy atom. The Hall–Kier alpha value is -2.14. The minimum atomic E-state index is -0.0246. The molecule has 3 rings (SSSR count). The third kappa shape index (κ3) is 4.20. The summed E-state index contributed by atoms with van der Waals surface area (Å²) in [6.45, 7) is 1.61. The maximum atomic E-state index is 12.6. The van der Waals surface area contributed by atoms with Crippen LogP contribution in [0.1, 0.15) is 36.2 Å². The summed E-state index contributed by atoms with van der Waals surface area (Å²) in [5, 5.41) is 3.71. The van der Waals surface area contributed by atoms with E-state index in [1.54, 1.807) is 24.4 Å². The summed E-state index contributed by atoms with van der Waals surface area (Å²) in [5.74, 6) is 0.372. The van der Waals surface area contributed by atoms with Gasteiger partial charge in [0.1, 0.15) is 5.69 Å². The second kappa shape index (κ2) is 7.42. The molecule has 1 N–H and O–H groups in total. The Morgan fingerprint density at radius 1 is 1.13 bits per heavy atom. The predicted octanol–water partition coefficient (Wildman–Crippen LogP) is 3.89. The van der Waals surface area contributed by atoms with E-state index in [9.17, 15) is 4.79 Å². The van der Waals surface area contributed by atoms with Gasteiger partial charge in [0.15, 0.2) is 0 Å². The van der Waals surface area contributed by atoms with Gasteiger partial charge < -0.3 is 10.2 Å². The molecule has 0 bridgehead atoms. The standard InChI is InChI=1S/C17H19ClN4O/c18-13-6-5-7-14(12-13)20-17-19-9-8-15(21-17)16(23)22-10-3-1-2-4-11-22/h5-9,12H,1-4,10-11H2,(H,19,20,21). The fourth-order valence-corrected chi connectivity index (χ4v) is 2.86. The Labute approximate surface area is 140 Å². The molecule has 1 fully saturated rings. The Kier molecular flexibility index (Phi) is 5.08. The summed E-state index contributed by atoms with van der Waals surface area (Å²) in [5.41, 5.74) is 1.21. The van der Waals surface area contributed by atoms with Crippen LogP contribution in [-0.4, -0.2) is 33.9 Å². The number of amides is 1. The highest BCUT2D eigenvalue weighted by atomic mass is 35.5. The molecule has 0 saturated carbocycles. The SMILES string of the molecule is O=C(c1ccnc(Nc2cccc(Cl)c2)n1)N1CCCCCC1. The number of likely N-dealkylation sites (tertiary alicyclic amines) is 1. The Balaban J connectivity index is 1.75. The van der Waals surface area contributed by atoms with E-state index in [-0.39, 0.29) is 5.91 Å². The zero-order valence-corrected chi connectivity index (χ0v) is 13.6. The molecule has 1 aliphatic heterocycles. The lowest BCUT2D eigenvalue weighted by Crippen LogP contribution is -2.32. The molecule has 2 heterocycles. The van der Waals surface area contributed by atoms with Crippen LogP contribution in [0.5, 0.6) is 0 Å². The first-order valence-electron chi connectivity index (χ1n) is 7.87. The molecular formula is C17H19ClN4O. The molecule has 2 aromatic rings. The topological polar surface area (TPSA) is 58.1 Å². The molecule has 1 aromatic heterocycles. The van der Waals surface area contributed by atoms with E-state index in [0.717, 1.165) is 31.6 Å². The van der Waals surface area contributed by atoms with Crippen molar-refractivity contribution >= 4 is 29.1 Å².